The van der Waals surface area contributed by atoms with Gasteiger partial charge in [-0.2, -0.15) is 0 Å². The normalized spacial score (nSPS) is 10.7. The SMILES string of the molecule is Oc1ccc2ccccc2c1CNc1ccccc1I. The smallest absolute Gasteiger partial charge is 0.121 e. The van der Waals surface area contributed by atoms with Gasteiger partial charge in [0.25, 0.3) is 0 Å². The van der Waals surface area contributed by atoms with E-state index >= 15 is 0 Å². The predicted molar refractivity (Wildman–Crippen MR) is 92.1 cm³/mol. The molecule has 0 heterocycles. The lowest BCUT2D eigenvalue weighted by Gasteiger charge is -2.12. The van der Waals surface area contributed by atoms with E-state index in [2.05, 4.69) is 40.0 Å². The van der Waals surface area contributed by atoms with E-state index in [-0.39, 0.29) is 0 Å². The molecule has 0 saturated heterocycles. The van der Waals surface area contributed by atoms with Gasteiger partial charge >= 0.3 is 0 Å². The van der Waals surface area contributed by atoms with Crippen molar-refractivity contribution in [3.05, 3.63) is 69.8 Å². The third kappa shape index (κ3) is 2.58. The van der Waals surface area contributed by atoms with Crippen molar-refractivity contribution in [2.75, 3.05) is 5.32 Å². The Balaban J connectivity index is 1.95. The fourth-order valence-electron chi connectivity index (χ4n) is 2.30. The first-order valence-corrected chi connectivity index (χ1v) is 7.51. The summed E-state index contributed by atoms with van der Waals surface area (Å²) < 4.78 is 1.17. The zero-order valence-corrected chi connectivity index (χ0v) is 13.0. The Kier molecular flexibility index (Phi) is 3.78. The minimum atomic E-state index is 0.335. The summed E-state index contributed by atoms with van der Waals surface area (Å²) in [5.74, 6) is 0.335. The molecule has 0 amide bonds. The molecule has 20 heavy (non-hydrogen) atoms. The molecule has 3 aromatic carbocycles. The van der Waals surface area contributed by atoms with E-state index in [1.807, 2.05) is 42.5 Å². The Morgan fingerprint density at radius 3 is 2.50 bits per heavy atom. The third-order valence-corrected chi connectivity index (χ3v) is 4.29. The van der Waals surface area contributed by atoms with Crippen molar-refractivity contribution in [2.45, 2.75) is 6.54 Å². The second-order valence-corrected chi connectivity index (χ2v) is 5.78. The van der Waals surface area contributed by atoms with Gasteiger partial charge in [-0.05, 0) is 51.6 Å². The molecule has 3 heteroatoms. The van der Waals surface area contributed by atoms with Gasteiger partial charge in [-0.1, -0.05) is 42.5 Å². The topological polar surface area (TPSA) is 32.3 Å². The molecule has 0 radical (unpaired) electrons. The van der Waals surface area contributed by atoms with Crippen LogP contribution >= 0.6 is 22.6 Å². The van der Waals surface area contributed by atoms with Gasteiger partial charge < -0.3 is 10.4 Å². The Labute approximate surface area is 131 Å². The summed E-state index contributed by atoms with van der Waals surface area (Å²) in [6, 6.07) is 19.9. The highest BCUT2D eigenvalue weighted by Gasteiger charge is 2.07. The summed E-state index contributed by atoms with van der Waals surface area (Å²) in [4.78, 5) is 0. The number of nitrogens with one attached hydrogen (secondary N) is 1. The van der Waals surface area contributed by atoms with Crippen molar-refractivity contribution in [1.82, 2.24) is 0 Å². The Hall–Kier alpha value is -1.75. The molecule has 0 aliphatic carbocycles. The molecular weight excluding hydrogens is 361 g/mol. The lowest BCUT2D eigenvalue weighted by Crippen LogP contribution is -2.02. The zero-order valence-electron chi connectivity index (χ0n) is 10.8. The second-order valence-electron chi connectivity index (χ2n) is 4.62. The minimum absolute atomic E-state index is 0.335. The highest BCUT2D eigenvalue weighted by atomic mass is 127. The van der Waals surface area contributed by atoms with Gasteiger partial charge in [0.05, 0.1) is 0 Å². The summed E-state index contributed by atoms with van der Waals surface area (Å²) in [5, 5.41) is 15.7. The first-order chi connectivity index (χ1) is 9.75. The number of phenols is 1. The summed E-state index contributed by atoms with van der Waals surface area (Å²) in [7, 11) is 0. The predicted octanol–water partition coefficient (Wildman–Crippen LogP) is 4.76. The van der Waals surface area contributed by atoms with Crippen LogP contribution in [0.4, 0.5) is 5.69 Å². The Morgan fingerprint density at radius 2 is 1.65 bits per heavy atom. The molecular formula is C17H14INO. The van der Waals surface area contributed by atoms with Crippen LogP contribution in [0.25, 0.3) is 10.8 Å². The molecule has 0 unspecified atom stereocenters. The van der Waals surface area contributed by atoms with Crippen LogP contribution in [0.15, 0.2) is 60.7 Å². The van der Waals surface area contributed by atoms with Gasteiger partial charge in [0.15, 0.2) is 0 Å². The van der Waals surface area contributed by atoms with Crippen LogP contribution in [-0.4, -0.2) is 5.11 Å². The standard InChI is InChI=1S/C17H14INO/c18-15-7-3-4-8-16(15)19-11-14-13-6-2-1-5-12(13)9-10-17(14)20/h1-10,19-20H,11H2. The molecule has 0 saturated carbocycles. The van der Waals surface area contributed by atoms with Crippen LogP contribution < -0.4 is 5.32 Å². The number of phenolic OH excluding ortho intramolecular Hbond substituents is 1. The number of rotatable bonds is 3. The number of anilines is 1. The van der Waals surface area contributed by atoms with Crippen molar-refractivity contribution in [3.63, 3.8) is 0 Å². The fraction of sp³-hybridized carbons (Fsp3) is 0.0588. The third-order valence-electron chi connectivity index (χ3n) is 3.35. The van der Waals surface area contributed by atoms with Gasteiger partial charge in [0.2, 0.25) is 0 Å². The second kappa shape index (κ2) is 5.71. The molecule has 0 bridgehead atoms. The van der Waals surface area contributed by atoms with E-state index in [1.165, 1.54) is 3.57 Å². The highest BCUT2D eigenvalue weighted by Crippen LogP contribution is 2.28. The first kappa shape index (κ1) is 13.2. The minimum Gasteiger partial charge on any atom is -0.508 e. The molecule has 0 atom stereocenters. The molecule has 0 aliphatic heterocycles. The number of halogens is 1. The quantitative estimate of drug-likeness (QED) is 0.647. The number of hydrogen-bond donors (Lipinski definition) is 2. The lowest BCUT2D eigenvalue weighted by atomic mass is 10.0. The van der Waals surface area contributed by atoms with Crippen molar-refractivity contribution >= 4 is 39.1 Å². The molecule has 0 spiro atoms. The van der Waals surface area contributed by atoms with Crippen LogP contribution in [0.2, 0.25) is 0 Å². The van der Waals surface area contributed by atoms with Crippen LogP contribution in [0.1, 0.15) is 5.56 Å². The van der Waals surface area contributed by atoms with Crippen LogP contribution in [0, 0.1) is 3.57 Å². The van der Waals surface area contributed by atoms with E-state index in [4.69, 9.17) is 0 Å². The van der Waals surface area contributed by atoms with Crippen LogP contribution in [0.3, 0.4) is 0 Å². The molecule has 0 fully saturated rings. The maximum Gasteiger partial charge on any atom is 0.121 e. The summed E-state index contributed by atoms with van der Waals surface area (Å²) in [6.07, 6.45) is 0. The Morgan fingerprint density at radius 1 is 0.900 bits per heavy atom. The van der Waals surface area contributed by atoms with E-state index in [0.717, 1.165) is 22.0 Å². The number of fused-ring (bicyclic) bond motifs is 1. The number of hydrogen-bond acceptors (Lipinski definition) is 2. The van der Waals surface area contributed by atoms with E-state index in [9.17, 15) is 5.11 Å². The monoisotopic (exact) mass is 375 g/mol. The van der Waals surface area contributed by atoms with Crippen molar-refractivity contribution in [2.24, 2.45) is 0 Å². The molecule has 2 N–H and O–H groups in total. The number of para-hydroxylation sites is 1. The molecule has 0 aliphatic rings. The molecule has 3 aromatic rings. The zero-order chi connectivity index (χ0) is 13.9. The first-order valence-electron chi connectivity index (χ1n) is 6.44. The average molecular weight is 375 g/mol. The average Bonchev–Trinajstić information content (AvgIpc) is 2.48. The van der Waals surface area contributed by atoms with Gasteiger partial charge in [-0.25, -0.2) is 0 Å². The summed E-state index contributed by atoms with van der Waals surface area (Å²) >= 11 is 2.30. The Bertz CT molecular complexity index is 755. The van der Waals surface area contributed by atoms with Crippen molar-refractivity contribution in [3.8, 4) is 5.75 Å². The van der Waals surface area contributed by atoms with Gasteiger partial charge in [0, 0.05) is 21.4 Å². The summed E-state index contributed by atoms with van der Waals surface area (Å²) in [6.45, 7) is 0.604. The number of benzene rings is 3. The van der Waals surface area contributed by atoms with E-state index < -0.39 is 0 Å². The lowest BCUT2D eigenvalue weighted by molar-refractivity contribution is 0.470. The van der Waals surface area contributed by atoms with Crippen LogP contribution in [0.5, 0.6) is 5.75 Å². The highest BCUT2D eigenvalue weighted by molar-refractivity contribution is 14.1. The van der Waals surface area contributed by atoms with Crippen molar-refractivity contribution < 1.29 is 5.11 Å². The van der Waals surface area contributed by atoms with Crippen LogP contribution in [-0.2, 0) is 6.54 Å². The van der Waals surface area contributed by atoms with Gasteiger partial charge in [-0.15, -0.1) is 0 Å². The van der Waals surface area contributed by atoms with Gasteiger partial charge in [-0.3, -0.25) is 0 Å². The van der Waals surface area contributed by atoms with E-state index in [1.54, 1.807) is 6.07 Å². The van der Waals surface area contributed by atoms with E-state index in [0.29, 0.717) is 12.3 Å². The molecule has 100 valence electrons. The number of aromatic hydroxyl groups is 1. The molecule has 0 aromatic heterocycles. The maximum atomic E-state index is 10.1. The maximum absolute atomic E-state index is 10.1. The largest absolute Gasteiger partial charge is 0.508 e. The molecule has 3 rings (SSSR count). The fourth-order valence-corrected chi connectivity index (χ4v) is 2.88. The van der Waals surface area contributed by atoms with Crippen molar-refractivity contribution in [1.29, 1.82) is 0 Å². The van der Waals surface area contributed by atoms with Gasteiger partial charge in [0.1, 0.15) is 5.75 Å². The molecule has 2 nitrogen and oxygen atoms in total. The summed E-state index contributed by atoms with van der Waals surface area (Å²) in [5.41, 5.74) is 2.02.